The van der Waals surface area contributed by atoms with Gasteiger partial charge in [-0.3, -0.25) is 9.59 Å². The van der Waals surface area contributed by atoms with E-state index in [1.807, 2.05) is 12.1 Å². The Morgan fingerprint density at radius 1 is 1.42 bits per heavy atom. The first-order chi connectivity index (χ1) is 8.72. The fourth-order valence-corrected chi connectivity index (χ4v) is 2.66. The van der Waals surface area contributed by atoms with Crippen LogP contribution in [0.15, 0.2) is 12.1 Å². The molecule has 2 amide bonds. The summed E-state index contributed by atoms with van der Waals surface area (Å²) >= 11 is 1.55. The van der Waals surface area contributed by atoms with Crippen LogP contribution in [-0.2, 0) is 21.2 Å². The van der Waals surface area contributed by atoms with E-state index in [1.165, 1.54) is 4.88 Å². The lowest BCUT2D eigenvalue weighted by molar-refractivity contribution is -0.116. The van der Waals surface area contributed by atoms with E-state index in [0.717, 1.165) is 11.3 Å². The highest BCUT2D eigenvalue weighted by atomic mass is 32.2. The Balaban J connectivity index is 2.53. The molecule has 19 heavy (non-hydrogen) atoms. The molecule has 0 aliphatic heterocycles. The molecule has 0 spiro atoms. The normalized spacial score (nSPS) is 11.5. The zero-order valence-corrected chi connectivity index (χ0v) is 12.2. The summed E-state index contributed by atoms with van der Waals surface area (Å²) in [6.07, 6.45) is 1.47. The van der Waals surface area contributed by atoms with Gasteiger partial charge in [-0.05, 0) is 24.5 Å². The molecule has 3 N–H and O–H groups in total. The van der Waals surface area contributed by atoms with Gasteiger partial charge in [-0.2, -0.15) is 8.42 Å². The first-order valence-corrected chi connectivity index (χ1v) is 7.80. The quantitative estimate of drug-likeness (QED) is 0.869. The third-order valence-corrected chi connectivity index (χ3v) is 4.65. The average molecular weight is 303 g/mol. The van der Waals surface area contributed by atoms with Gasteiger partial charge in [-0.1, -0.05) is 13.8 Å². The molecule has 0 aromatic carbocycles. The van der Waals surface area contributed by atoms with Gasteiger partial charge in [0.2, 0.25) is 5.91 Å². The lowest BCUT2D eigenvalue weighted by Crippen LogP contribution is -2.38. The van der Waals surface area contributed by atoms with Crippen LogP contribution in [0.25, 0.3) is 0 Å². The van der Waals surface area contributed by atoms with Crippen LogP contribution in [0.1, 0.15) is 29.5 Å². The third kappa shape index (κ3) is 4.64. The van der Waals surface area contributed by atoms with Crippen LogP contribution in [0.3, 0.4) is 0 Å². The lowest BCUT2D eigenvalue weighted by Gasteiger charge is -2.02. The fraction of sp³-hybridized carbons (Fsp3) is 0.364. The fourth-order valence-electron chi connectivity index (χ4n) is 1.23. The van der Waals surface area contributed by atoms with Crippen LogP contribution in [0.4, 0.5) is 4.79 Å². The van der Waals surface area contributed by atoms with E-state index in [-0.39, 0.29) is 0 Å². The van der Waals surface area contributed by atoms with Crippen LogP contribution >= 0.6 is 11.3 Å². The van der Waals surface area contributed by atoms with E-state index < -0.39 is 21.2 Å². The SMILES string of the molecule is CC(C)c1ccc(C[CH]C(=O)NS(=O)(=O)C(N)=O)s1. The molecule has 0 aliphatic rings. The molecule has 0 bridgehead atoms. The summed E-state index contributed by atoms with van der Waals surface area (Å²) in [5.74, 6) is -0.457. The van der Waals surface area contributed by atoms with Gasteiger partial charge in [-0.25, -0.2) is 4.72 Å². The highest BCUT2D eigenvalue weighted by Gasteiger charge is 2.21. The summed E-state index contributed by atoms with van der Waals surface area (Å²) in [4.78, 5) is 24.0. The maximum atomic E-state index is 11.3. The van der Waals surface area contributed by atoms with Crippen LogP contribution in [0.5, 0.6) is 0 Å². The topological polar surface area (TPSA) is 106 Å². The molecule has 1 heterocycles. The van der Waals surface area contributed by atoms with Gasteiger partial charge in [0.1, 0.15) is 0 Å². The molecule has 0 saturated heterocycles. The highest BCUT2D eigenvalue weighted by molar-refractivity contribution is 8.04. The second-order valence-electron chi connectivity index (χ2n) is 4.16. The third-order valence-electron chi connectivity index (χ3n) is 2.24. The minimum absolute atomic E-state index is 0.303. The minimum atomic E-state index is -4.40. The zero-order valence-electron chi connectivity index (χ0n) is 10.5. The Bertz CT molecular complexity index is 575. The Morgan fingerprint density at radius 3 is 2.53 bits per heavy atom. The molecule has 1 rings (SSSR count). The van der Waals surface area contributed by atoms with E-state index in [1.54, 1.807) is 16.1 Å². The van der Waals surface area contributed by atoms with Crippen LogP contribution in [0.2, 0.25) is 0 Å². The van der Waals surface area contributed by atoms with Gasteiger partial charge >= 0.3 is 15.3 Å². The van der Waals surface area contributed by atoms with Gasteiger partial charge in [0, 0.05) is 9.75 Å². The van der Waals surface area contributed by atoms with Crippen molar-refractivity contribution in [2.75, 3.05) is 0 Å². The maximum absolute atomic E-state index is 11.3. The second kappa shape index (κ2) is 6.16. The lowest BCUT2D eigenvalue weighted by atomic mass is 10.2. The van der Waals surface area contributed by atoms with E-state index in [4.69, 9.17) is 0 Å². The Morgan fingerprint density at radius 2 is 2.05 bits per heavy atom. The van der Waals surface area contributed by atoms with Gasteiger partial charge in [-0.15, -0.1) is 11.3 Å². The second-order valence-corrected chi connectivity index (χ2v) is 6.97. The minimum Gasteiger partial charge on any atom is -0.355 e. The van der Waals surface area contributed by atoms with Crippen molar-refractivity contribution in [3.8, 4) is 0 Å². The molecule has 0 unspecified atom stereocenters. The number of nitrogens with one attached hydrogen (secondary N) is 1. The van der Waals surface area contributed by atoms with Crippen LogP contribution < -0.4 is 10.5 Å². The molecule has 0 aliphatic carbocycles. The number of nitrogens with two attached hydrogens (primary N) is 1. The zero-order chi connectivity index (χ0) is 14.6. The van der Waals surface area contributed by atoms with Crippen LogP contribution in [0, 0.1) is 6.42 Å². The molecule has 0 atom stereocenters. The molecule has 8 heteroatoms. The summed E-state index contributed by atoms with van der Waals surface area (Å²) in [6.45, 7) is 4.12. The van der Waals surface area contributed by atoms with Crippen molar-refractivity contribution in [1.82, 2.24) is 4.72 Å². The van der Waals surface area contributed by atoms with E-state index in [2.05, 4.69) is 19.6 Å². The van der Waals surface area contributed by atoms with Gasteiger partial charge < -0.3 is 5.73 Å². The number of rotatable bonds is 4. The first-order valence-electron chi connectivity index (χ1n) is 5.50. The summed E-state index contributed by atoms with van der Waals surface area (Å²) in [7, 11) is -4.40. The predicted molar refractivity (Wildman–Crippen MR) is 73.1 cm³/mol. The van der Waals surface area contributed by atoms with Crippen molar-refractivity contribution in [1.29, 1.82) is 0 Å². The maximum Gasteiger partial charge on any atom is 0.354 e. The molecule has 1 aromatic heterocycles. The Hall–Kier alpha value is -1.41. The molecule has 1 radical (unpaired) electrons. The van der Waals surface area contributed by atoms with E-state index >= 15 is 0 Å². The molecule has 1 aromatic rings. The summed E-state index contributed by atoms with van der Waals surface area (Å²) in [5.41, 5.74) is 4.61. The number of thiophene rings is 1. The Kier molecular flexibility index (Phi) is 5.07. The number of amides is 2. The molecular weight excluding hydrogens is 288 g/mol. The number of sulfonamides is 1. The standard InChI is InChI=1S/C11H15N2O4S2/c1-7(2)9-5-3-8(18-9)4-6-10(14)13-19(16,17)11(12)15/h3,5-7H,4H2,1-2H3,(H2,12,15)(H,13,14). The van der Waals surface area contributed by atoms with Crippen molar-refractivity contribution in [3.05, 3.63) is 28.3 Å². The molecule has 0 fully saturated rings. The number of carbonyl (C=O) groups is 2. The van der Waals surface area contributed by atoms with Crippen molar-refractivity contribution >= 4 is 32.5 Å². The summed E-state index contributed by atoms with van der Waals surface area (Å²) < 4.78 is 23.6. The average Bonchev–Trinajstić information content (AvgIpc) is 2.74. The first kappa shape index (κ1) is 15.6. The molecule has 6 nitrogen and oxygen atoms in total. The molecule has 0 saturated carbocycles. The van der Waals surface area contributed by atoms with Crippen molar-refractivity contribution < 1.29 is 18.0 Å². The van der Waals surface area contributed by atoms with Gasteiger partial charge in [0.15, 0.2) is 0 Å². The highest BCUT2D eigenvalue weighted by Crippen LogP contribution is 2.24. The smallest absolute Gasteiger partial charge is 0.354 e. The number of primary amides is 1. The largest absolute Gasteiger partial charge is 0.355 e. The van der Waals surface area contributed by atoms with Crippen LogP contribution in [-0.4, -0.2) is 19.6 Å². The van der Waals surface area contributed by atoms with Gasteiger partial charge in [0.05, 0.1) is 6.42 Å². The van der Waals surface area contributed by atoms with Gasteiger partial charge in [0.25, 0.3) is 0 Å². The summed E-state index contributed by atoms with van der Waals surface area (Å²) in [5, 5.41) is -1.58. The molecule has 105 valence electrons. The number of hydrogen-bond donors (Lipinski definition) is 2. The molecular formula is C11H15N2O4S2. The summed E-state index contributed by atoms with van der Waals surface area (Å²) in [6, 6.07) is 3.85. The van der Waals surface area contributed by atoms with Crippen molar-refractivity contribution in [3.63, 3.8) is 0 Å². The van der Waals surface area contributed by atoms with Crippen molar-refractivity contribution in [2.24, 2.45) is 5.73 Å². The Labute approximate surface area is 116 Å². The number of carbonyl (C=O) groups excluding carboxylic acids is 2. The van der Waals surface area contributed by atoms with E-state index in [0.29, 0.717) is 12.3 Å². The monoisotopic (exact) mass is 303 g/mol. The van der Waals surface area contributed by atoms with E-state index in [9.17, 15) is 18.0 Å². The van der Waals surface area contributed by atoms with Crippen molar-refractivity contribution in [2.45, 2.75) is 26.2 Å². The predicted octanol–water partition coefficient (Wildman–Crippen LogP) is 1.14. The number of hydrogen-bond acceptors (Lipinski definition) is 5.